The van der Waals surface area contributed by atoms with Crippen LogP contribution in [0, 0.1) is 12.8 Å². The second-order valence-electron chi connectivity index (χ2n) is 6.78. The third-order valence-corrected chi connectivity index (χ3v) is 5.61. The maximum absolute atomic E-state index is 12.1. The molecule has 118 valence electrons. The Hall–Kier alpha value is -1.81. The van der Waals surface area contributed by atoms with Crippen LogP contribution in [0.2, 0.25) is 0 Å². The normalized spacial score (nSPS) is 32.0. The smallest absolute Gasteiger partial charge is 0.161 e. The van der Waals surface area contributed by atoms with Gasteiger partial charge in [-0.2, -0.15) is 0 Å². The third-order valence-electron chi connectivity index (χ3n) is 5.61. The van der Waals surface area contributed by atoms with Crippen LogP contribution in [0.5, 0.6) is 11.5 Å². The maximum Gasteiger partial charge on any atom is 0.161 e. The first kappa shape index (κ1) is 15.1. The Morgan fingerprint density at radius 3 is 2.77 bits per heavy atom. The molecule has 1 aromatic carbocycles. The largest absolute Gasteiger partial charge is 0.504 e. The lowest BCUT2D eigenvalue weighted by molar-refractivity contribution is -0.118. The number of aromatic hydroxyl groups is 2. The van der Waals surface area contributed by atoms with Gasteiger partial charge in [0.1, 0.15) is 0 Å². The minimum atomic E-state index is -0.426. The average molecular weight is 301 g/mol. The standard InChI is InChI=1S/C18H23NO3/c1-11-4-7-15(21)17(22)16(11)18-8-9-19(3)12(2)14(18)6-5-13(20)10-18/h4-7,12,14,21-22H,8-10H2,1-3H3/t12-,14+,18+/m1/s1. The van der Waals surface area contributed by atoms with Gasteiger partial charge in [0.2, 0.25) is 0 Å². The van der Waals surface area contributed by atoms with E-state index in [9.17, 15) is 15.0 Å². The van der Waals surface area contributed by atoms with Crippen LogP contribution in [0.3, 0.4) is 0 Å². The van der Waals surface area contributed by atoms with Gasteiger partial charge in [0.15, 0.2) is 17.3 Å². The number of carbonyl (C=O) groups is 1. The van der Waals surface area contributed by atoms with E-state index >= 15 is 0 Å². The number of carbonyl (C=O) groups excluding carboxylic acids is 1. The molecule has 0 bridgehead atoms. The summed E-state index contributed by atoms with van der Waals surface area (Å²) in [5.74, 6) is 0.0673. The quantitative estimate of drug-likeness (QED) is 0.783. The van der Waals surface area contributed by atoms with E-state index in [1.165, 1.54) is 6.07 Å². The minimum absolute atomic E-state index is 0.0650. The highest BCUT2D eigenvalue weighted by Crippen LogP contribution is 2.53. The summed E-state index contributed by atoms with van der Waals surface area (Å²) in [4.78, 5) is 14.4. The monoisotopic (exact) mass is 301 g/mol. The van der Waals surface area contributed by atoms with Crippen LogP contribution < -0.4 is 0 Å². The van der Waals surface area contributed by atoms with Crippen LogP contribution in [-0.2, 0) is 10.2 Å². The molecule has 1 aliphatic carbocycles. The Labute approximate surface area is 131 Å². The molecule has 0 radical (unpaired) electrons. The fourth-order valence-electron chi connectivity index (χ4n) is 4.30. The number of hydrogen-bond acceptors (Lipinski definition) is 4. The van der Waals surface area contributed by atoms with Gasteiger partial charge in [-0.1, -0.05) is 12.1 Å². The predicted molar refractivity (Wildman–Crippen MR) is 85.1 cm³/mol. The molecule has 4 nitrogen and oxygen atoms in total. The van der Waals surface area contributed by atoms with Crippen molar-refractivity contribution >= 4 is 5.78 Å². The number of rotatable bonds is 1. The van der Waals surface area contributed by atoms with Gasteiger partial charge in [-0.15, -0.1) is 0 Å². The first-order chi connectivity index (χ1) is 10.4. The molecule has 1 aliphatic heterocycles. The number of nitrogens with zero attached hydrogens (tertiary/aromatic N) is 1. The molecule has 0 saturated carbocycles. The number of aryl methyl sites for hydroxylation is 1. The van der Waals surface area contributed by atoms with Crippen molar-refractivity contribution in [1.29, 1.82) is 0 Å². The van der Waals surface area contributed by atoms with Crippen molar-refractivity contribution in [1.82, 2.24) is 4.90 Å². The topological polar surface area (TPSA) is 60.8 Å². The number of hydrogen-bond donors (Lipinski definition) is 2. The molecular weight excluding hydrogens is 278 g/mol. The molecule has 1 saturated heterocycles. The number of ketones is 1. The fourth-order valence-corrected chi connectivity index (χ4v) is 4.30. The SMILES string of the molecule is Cc1ccc(O)c(O)c1[C@]12CCN(C)[C@H](C)[C@@H]1C=CC(=O)C2. The van der Waals surface area contributed by atoms with Crippen molar-refractivity contribution in [2.45, 2.75) is 38.1 Å². The van der Waals surface area contributed by atoms with Crippen molar-refractivity contribution in [3.63, 3.8) is 0 Å². The minimum Gasteiger partial charge on any atom is -0.504 e. The fraction of sp³-hybridized carbons (Fsp3) is 0.500. The van der Waals surface area contributed by atoms with E-state index in [1.54, 1.807) is 6.08 Å². The Balaban J connectivity index is 2.23. The molecule has 4 heteroatoms. The lowest BCUT2D eigenvalue weighted by Crippen LogP contribution is -2.55. The molecule has 22 heavy (non-hydrogen) atoms. The van der Waals surface area contributed by atoms with E-state index in [0.29, 0.717) is 6.42 Å². The summed E-state index contributed by atoms with van der Waals surface area (Å²) < 4.78 is 0. The number of allylic oxidation sites excluding steroid dienone is 1. The van der Waals surface area contributed by atoms with E-state index in [0.717, 1.165) is 24.1 Å². The molecular formula is C18H23NO3. The van der Waals surface area contributed by atoms with Crippen LogP contribution >= 0.6 is 0 Å². The maximum atomic E-state index is 12.1. The van der Waals surface area contributed by atoms with E-state index in [-0.39, 0.29) is 29.2 Å². The predicted octanol–water partition coefficient (Wildman–Crippen LogP) is 2.51. The van der Waals surface area contributed by atoms with Crippen molar-refractivity contribution in [2.24, 2.45) is 5.92 Å². The van der Waals surface area contributed by atoms with Crippen LogP contribution in [0.15, 0.2) is 24.3 Å². The summed E-state index contributed by atoms with van der Waals surface area (Å²) in [5.41, 5.74) is 1.25. The highest BCUT2D eigenvalue weighted by Gasteiger charge is 2.50. The van der Waals surface area contributed by atoms with Crippen LogP contribution in [0.1, 0.15) is 30.9 Å². The van der Waals surface area contributed by atoms with Crippen molar-refractivity contribution in [2.75, 3.05) is 13.6 Å². The first-order valence-corrected chi connectivity index (χ1v) is 7.80. The Morgan fingerprint density at radius 1 is 1.32 bits per heavy atom. The zero-order valence-electron chi connectivity index (χ0n) is 13.3. The van der Waals surface area contributed by atoms with Gasteiger partial charge in [0, 0.05) is 29.4 Å². The number of benzene rings is 1. The molecule has 1 fully saturated rings. The first-order valence-electron chi connectivity index (χ1n) is 7.80. The average Bonchev–Trinajstić information content (AvgIpc) is 2.47. The Bertz CT molecular complexity index is 652. The highest BCUT2D eigenvalue weighted by molar-refractivity contribution is 5.92. The number of likely N-dealkylation sites (tertiary alicyclic amines) is 1. The van der Waals surface area contributed by atoms with E-state index in [4.69, 9.17) is 0 Å². The zero-order valence-corrected chi connectivity index (χ0v) is 13.3. The van der Waals surface area contributed by atoms with E-state index in [2.05, 4.69) is 18.9 Å². The van der Waals surface area contributed by atoms with E-state index in [1.807, 2.05) is 19.1 Å². The summed E-state index contributed by atoms with van der Waals surface area (Å²) in [6.45, 7) is 4.97. The van der Waals surface area contributed by atoms with Gasteiger partial charge in [0.05, 0.1) is 0 Å². The molecule has 3 atom stereocenters. The molecule has 0 spiro atoms. The summed E-state index contributed by atoms with van der Waals surface area (Å²) >= 11 is 0. The molecule has 3 rings (SSSR count). The zero-order chi connectivity index (χ0) is 16.1. The lowest BCUT2D eigenvalue weighted by atomic mass is 9.58. The molecule has 2 aliphatic rings. The highest BCUT2D eigenvalue weighted by atomic mass is 16.3. The Kier molecular flexibility index (Phi) is 3.52. The molecule has 2 N–H and O–H groups in total. The molecule has 1 heterocycles. The van der Waals surface area contributed by atoms with Gasteiger partial charge in [-0.3, -0.25) is 4.79 Å². The van der Waals surface area contributed by atoms with Gasteiger partial charge in [-0.25, -0.2) is 0 Å². The molecule has 0 aromatic heterocycles. The molecule has 0 unspecified atom stereocenters. The lowest BCUT2D eigenvalue weighted by Gasteiger charge is -2.52. The van der Waals surface area contributed by atoms with Crippen LogP contribution in [0.4, 0.5) is 0 Å². The van der Waals surface area contributed by atoms with E-state index < -0.39 is 5.41 Å². The second kappa shape index (κ2) is 5.13. The summed E-state index contributed by atoms with van der Waals surface area (Å²) in [6, 6.07) is 3.61. The number of phenols is 2. The van der Waals surface area contributed by atoms with Crippen molar-refractivity contribution in [3.05, 3.63) is 35.4 Å². The molecule has 1 aromatic rings. The van der Waals surface area contributed by atoms with Gasteiger partial charge >= 0.3 is 0 Å². The summed E-state index contributed by atoms with van der Waals surface area (Å²) in [5, 5.41) is 20.5. The summed E-state index contributed by atoms with van der Waals surface area (Å²) in [6.07, 6.45) is 4.86. The third kappa shape index (κ3) is 2.05. The van der Waals surface area contributed by atoms with Gasteiger partial charge in [0.25, 0.3) is 0 Å². The molecule has 0 amide bonds. The van der Waals surface area contributed by atoms with Crippen molar-refractivity contribution < 1.29 is 15.0 Å². The van der Waals surface area contributed by atoms with Gasteiger partial charge in [-0.05, 0) is 51.6 Å². The number of fused-ring (bicyclic) bond motifs is 1. The second-order valence-corrected chi connectivity index (χ2v) is 6.78. The van der Waals surface area contributed by atoms with Crippen molar-refractivity contribution in [3.8, 4) is 11.5 Å². The van der Waals surface area contributed by atoms with Gasteiger partial charge < -0.3 is 15.1 Å². The Morgan fingerprint density at radius 2 is 2.05 bits per heavy atom. The number of piperidine rings is 1. The number of phenolic OH excluding ortho intramolecular Hbond substituents is 2. The van der Waals surface area contributed by atoms with Crippen LogP contribution in [-0.4, -0.2) is 40.5 Å². The summed E-state index contributed by atoms with van der Waals surface area (Å²) in [7, 11) is 2.09. The van der Waals surface area contributed by atoms with Crippen LogP contribution in [0.25, 0.3) is 0 Å².